The summed E-state index contributed by atoms with van der Waals surface area (Å²) in [6, 6.07) is 12.7. The molecule has 176 valence electrons. The van der Waals surface area contributed by atoms with Gasteiger partial charge in [0.2, 0.25) is 5.88 Å². The Bertz CT molecular complexity index is 1200. The van der Waals surface area contributed by atoms with E-state index in [1.807, 2.05) is 42.2 Å². The van der Waals surface area contributed by atoms with Crippen molar-refractivity contribution in [3.05, 3.63) is 71.5 Å². The van der Waals surface area contributed by atoms with Crippen LogP contribution >= 0.6 is 0 Å². The lowest BCUT2D eigenvalue weighted by Gasteiger charge is -2.40. The number of nitriles is 1. The molecule has 1 aliphatic rings. The summed E-state index contributed by atoms with van der Waals surface area (Å²) in [5, 5.41) is 9.40. The lowest BCUT2D eigenvalue weighted by molar-refractivity contribution is -0.137. The Morgan fingerprint density at radius 3 is 2.53 bits per heavy atom. The van der Waals surface area contributed by atoms with E-state index in [1.165, 1.54) is 6.07 Å². The number of alkyl halides is 3. The number of piperidine rings is 1. The predicted molar refractivity (Wildman–Crippen MR) is 122 cm³/mol. The predicted octanol–water partition coefficient (Wildman–Crippen LogP) is 4.89. The summed E-state index contributed by atoms with van der Waals surface area (Å²) in [6.07, 6.45) is 0.0668. The minimum atomic E-state index is -4.49. The SMILES string of the molecule is CCOc1ncccc1-c1ccc(C2(N)CCN(c3ccc(C(F)(F)F)cc3C#N)CC2)cn1. The minimum Gasteiger partial charge on any atom is -0.477 e. The maximum absolute atomic E-state index is 13.0. The molecule has 3 heterocycles. The lowest BCUT2D eigenvalue weighted by atomic mass is 9.82. The van der Waals surface area contributed by atoms with Crippen molar-refractivity contribution < 1.29 is 17.9 Å². The summed E-state index contributed by atoms with van der Waals surface area (Å²) < 4.78 is 44.6. The highest BCUT2D eigenvalue weighted by Crippen LogP contribution is 2.37. The molecule has 0 bridgehead atoms. The van der Waals surface area contributed by atoms with Gasteiger partial charge in [-0.1, -0.05) is 6.07 Å². The van der Waals surface area contributed by atoms with Gasteiger partial charge >= 0.3 is 6.18 Å². The van der Waals surface area contributed by atoms with E-state index in [4.69, 9.17) is 10.5 Å². The zero-order valence-electron chi connectivity index (χ0n) is 18.6. The van der Waals surface area contributed by atoms with Gasteiger partial charge in [-0.25, -0.2) is 4.98 Å². The Morgan fingerprint density at radius 1 is 1.15 bits per heavy atom. The standard InChI is InChI=1S/C25H24F3N5O/c1-2-34-23-20(4-3-11-31-23)21-7-5-19(16-32-21)24(30)9-12-33(13-10-24)22-8-6-18(25(26,27)28)14-17(22)15-29/h3-8,11,14,16H,2,9-10,12-13,30H2,1H3. The Balaban J connectivity index is 1.50. The minimum absolute atomic E-state index is 0.00642. The number of anilines is 1. The number of ether oxygens (including phenoxy) is 1. The molecule has 2 N–H and O–H groups in total. The molecule has 0 radical (unpaired) electrons. The van der Waals surface area contributed by atoms with Crippen molar-refractivity contribution in [1.29, 1.82) is 5.26 Å². The average molecular weight is 467 g/mol. The number of pyridine rings is 2. The molecule has 1 fully saturated rings. The van der Waals surface area contributed by atoms with Gasteiger partial charge in [-0.3, -0.25) is 4.98 Å². The van der Waals surface area contributed by atoms with E-state index < -0.39 is 17.3 Å². The first-order chi connectivity index (χ1) is 16.2. The second-order valence-corrected chi connectivity index (χ2v) is 8.21. The van der Waals surface area contributed by atoms with Gasteiger partial charge < -0.3 is 15.4 Å². The summed E-state index contributed by atoms with van der Waals surface area (Å²) in [5.74, 6) is 0.519. The fourth-order valence-corrected chi connectivity index (χ4v) is 4.20. The number of rotatable bonds is 5. The molecule has 9 heteroatoms. The van der Waals surface area contributed by atoms with Crippen LogP contribution in [0.3, 0.4) is 0 Å². The highest BCUT2D eigenvalue weighted by Gasteiger charge is 2.35. The van der Waals surface area contributed by atoms with Crippen molar-refractivity contribution in [1.82, 2.24) is 9.97 Å². The molecule has 2 aromatic heterocycles. The molecule has 1 saturated heterocycles. The first-order valence-electron chi connectivity index (χ1n) is 10.9. The maximum atomic E-state index is 13.0. The van der Waals surface area contributed by atoms with Crippen LogP contribution in [0.15, 0.2) is 54.9 Å². The first kappa shape index (κ1) is 23.5. The lowest BCUT2D eigenvalue weighted by Crippen LogP contribution is -2.48. The Labute approximate surface area is 195 Å². The summed E-state index contributed by atoms with van der Waals surface area (Å²) in [6.45, 7) is 3.41. The monoisotopic (exact) mass is 467 g/mol. The molecule has 1 aliphatic heterocycles. The third kappa shape index (κ3) is 4.68. The maximum Gasteiger partial charge on any atom is 0.416 e. The van der Waals surface area contributed by atoms with Gasteiger partial charge in [0.25, 0.3) is 0 Å². The normalized spacial score (nSPS) is 15.6. The molecule has 0 unspecified atom stereocenters. The van der Waals surface area contributed by atoms with Gasteiger partial charge in [0.1, 0.15) is 6.07 Å². The highest BCUT2D eigenvalue weighted by molar-refractivity contribution is 5.65. The topological polar surface area (TPSA) is 88.1 Å². The Morgan fingerprint density at radius 2 is 1.91 bits per heavy atom. The smallest absolute Gasteiger partial charge is 0.416 e. The second kappa shape index (κ2) is 9.31. The zero-order chi connectivity index (χ0) is 24.3. The zero-order valence-corrected chi connectivity index (χ0v) is 18.6. The van der Waals surface area contributed by atoms with E-state index in [9.17, 15) is 18.4 Å². The van der Waals surface area contributed by atoms with E-state index in [0.29, 0.717) is 44.1 Å². The summed E-state index contributed by atoms with van der Waals surface area (Å²) >= 11 is 0. The van der Waals surface area contributed by atoms with Gasteiger partial charge in [0.05, 0.1) is 34.7 Å². The highest BCUT2D eigenvalue weighted by atomic mass is 19.4. The van der Waals surface area contributed by atoms with Crippen molar-refractivity contribution in [3.8, 4) is 23.2 Å². The molecule has 0 amide bonds. The molecule has 0 aliphatic carbocycles. The van der Waals surface area contributed by atoms with Crippen LogP contribution in [0.25, 0.3) is 11.3 Å². The molecular formula is C25H24F3N5O. The molecule has 3 aromatic rings. The van der Waals surface area contributed by atoms with Crippen molar-refractivity contribution >= 4 is 5.69 Å². The van der Waals surface area contributed by atoms with Gasteiger partial charge in [-0.05, 0) is 61.7 Å². The van der Waals surface area contributed by atoms with E-state index in [1.54, 1.807) is 12.4 Å². The van der Waals surface area contributed by atoms with Crippen molar-refractivity contribution in [3.63, 3.8) is 0 Å². The molecule has 4 rings (SSSR count). The van der Waals surface area contributed by atoms with Gasteiger partial charge in [-0.2, -0.15) is 18.4 Å². The Kier molecular flexibility index (Phi) is 6.44. The quantitative estimate of drug-likeness (QED) is 0.575. The number of aromatic nitrogens is 2. The van der Waals surface area contributed by atoms with Gasteiger partial charge in [-0.15, -0.1) is 0 Å². The Hall–Kier alpha value is -3.64. The number of hydrogen-bond donors (Lipinski definition) is 1. The number of hydrogen-bond acceptors (Lipinski definition) is 6. The van der Waals surface area contributed by atoms with Crippen LogP contribution in [0.2, 0.25) is 0 Å². The van der Waals surface area contributed by atoms with Crippen LogP contribution < -0.4 is 15.4 Å². The van der Waals surface area contributed by atoms with Crippen LogP contribution in [-0.4, -0.2) is 29.7 Å². The van der Waals surface area contributed by atoms with Crippen molar-refractivity contribution in [2.75, 3.05) is 24.6 Å². The molecule has 1 aromatic carbocycles. The summed E-state index contributed by atoms with van der Waals surface area (Å²) in [7, 11) is 0. The number of halogens is 3. The van der Waals surface area contributed by atoms with Gasteiger partial charge in [0, 0.05) is 31.0 Å². The van der Waals surface area contributed by atoms with E-state index in [2.05, 4.69) is 9.97 Å². The first-order valence-corrected chi connectivity index (χ1v) is 10.9. The van der Waals surface area contributed by atoms with Crippen molar-refractivity contribution in [2.45, 2.75) is 31.5 Å². The van der Waals surface area contributed by atoms with Crippen LogP contribution in [-0.2, 0) is 11.7 Å². The molecule has 0 saturated carbocycles. The third-order valence-corrected chi connectivity index (χ3v) is 6.11. The summed E-state index contributed by atoms with van der Waals surface area (Å²) in [5.41, 5.74) is 8.17. The van der Waals surface area contributed by atoms with E-state index in [-0.39, 0.29) is 5.56 Å². The fraction of sp³-hybridized carbons (Fsp3) is 0.320. The van der Waals surface area contributed by atoms with Crippen molar-refractivity contribution in [2.24, 2.45) is 5.73 Å². The number of nitrogens with zero attached hydrogens (tertiary/aromatic N) is 4. The third-order valence-electron chi connectivity index (χ3n) is 6.11. The van der Waals surface area contributed by atoms with E-state index in [0.717, 1.165) is 29.0 Å². The molecule has 6 nitrogen and oxygen atoms in total. The second-order valence-electron chi connectivity index (χ2n) is 8.21. The number of benzene rings is 1. The van der Waals surface area contributed by atoms with E-state index >= 15 is 0 Å². The fourth-order valence-electron chi connectivity index (χ4n) is 4.20. The van der Waals surface area contributed by atoms with Crippen LogP contribution in [0, 0.1) is 11.3 Å². The van der Waals surface area contributed by atoms with Gasteiger partial charge in [0.15, 0.2) is 0 Å². The molecule has 0 atom stereocenters. The molecule has 0 spiro atoms. The molecular weight excluding hydrogens is 443 g/mol. The number of nitrogens with two attached hydrogens (primary N) is 1. The van der Waals surface area contributed by atoms with Crippen LogP contribution in [0.5, 0.6) is 5.88 Å². The summed E-state index contributed by atoms with van der Waals surface area (Å²) in [4.78, 5) is 10.8. The van der Waals surface area contributed by atoms with Crippen LogP contribution in [0.1, 0.15) is 36.5 Å². The largest absolute Gasteiger partial charge is 0.477 e. The van der Waals surface area contributed by atoms with Crippen LogP contribution in [0.4, 0.5) is 18.9 Å². The molecule has 34 heavy (non-hydrogen) atoms. The average Bonchev–Trinajstić information content (AvgIpc) is 2.84.